The van der Waals surface area contributed by atoms with Gasteiger partial charge in [-0.15, -0.1) is 10.2 Å². The maximum atomic E-state index is 13.1. The van der Waals surface area contributed by atoms with Crippen LogP contribution >= 0.6 is 11.8 Å². The van der Waals surface area contributed by atoms with Crippen molar-refractivity contribution in [3.63, 3.8) is 0 Å². The van der Waals surface area contributed by atoms with Gasteiger partial charge in [-0.3, -0.25) is 9.36 Å². The Labute approximate surface area is 199 Å². The number of amides is 1. The van der Waals surface area contributed by atoms with Crippen molar-refractivity contribution in [3.05, 3.63) is 24.2 Å². The third-order valence-electron chi connectivity index (χ3n) is 6.48. The van der Waals surface area contributed by atoms with Gasteiger partial charge >= 0.3 is 0 Å². The smallest absolute Gasteiger partial charge is 0.235 e. The van der Waals surface area contributed by atoms with Gasteiger partial charge in [0.15, 0.2) is 15.0 Å². The van der Waals surface area contributed by atoms with Crippen molar-refractivity contribution in [2.45, 2.75) is 56.6 Å². The summed E-state index contributed by atoms with van der Waals surface area (Å²) in [7, 11) is -1.36. The van der Waals surface area contributed by atoms with E-state index in [0.29, 0.717) is 30.0 Å². The van der Waals surface area contributed by atoms with Gasteiger partial charge in [-0.05, 0) is 43.7 Å². The Morgan fingerprint density at radius 2 is 2.03 bits per heavy atom. The molecule has 9 nitrogen and oxygen atoms in total. The van der Waals surface area contributed by atoms with E-state index in [4.69, 9.17) is 4.42 Å². The van der Waals surface area contributed by atoms with Gasteiger partial charge in [0, 0.05) is 26.2 Å². The third-order valence-corrected chi connectivity index (χ3v) is 9.30. The van der Waals surface area contributed by atoms with E-state index in [-0.39, 0.29) is 23.5 Å². The Bertz CT molecular complexity index is 1060. The summed E-state index contributed by atoms with van der Waals surface area (Å²) < 4.78 is 31.3. The highest BCUT2D eigenvalue weighted by Crippen LogP contribution is 2.31. The monoisotopic (exact) mass is 495 g/mol. The number of sulfone groups is 1. The molecule has 0 N–H and O–H groups in total. The molecule has 4 atom stereocenters. The molecule has 0 spiro atoms. The molecule has 2 aliphatic rings. The van der Waals surface area contributed by atoms with Crippen LogP contribution in [0, 0.1) is 11.8 Å². The number of carbonyl (C=O) groups excluding carboxylic acids is 1. The maximum Gasteiger partial charge on any atom is 0.235 e. The Hall–Kier alpha value is -2.01. The first-order valence-electron chi connectivity index (χ1n) is 11.5. The summed E-state index contributed by atoms with van der Waals surface area (Å²) >= 11 is 1.35. The van der Waals surface area contributed by atoms with E-state index in [1.165, 1.54) is 18.2 Å². The Morgan fingerprint density at radius 1 is 1.30 bits per heavy atom. The van der Waals surface area contributed by atoms with Gasteiger partial charge < -0.3 is 14.2 Å². The van der Waals surface area contributed by atoms with Crippen molar-refractivity contribution in [2.24, 2.45) is 11.8 Å². The van der Waals surface area contributed by atoms with E-state index in [1.54, 1.807) is 18.2 Å². The summed E-state index contributed by atoms with van der Waals surface area (Å²) in [5, 5.41) is 9.19. The second-order valence-electron chi connectivity index (χ2n) is 9.57. The zero-order chi connectivity index (χ0) is 23.8. The first-order chi connectivity index (χ1) is 15.6. The predicted molar refractivity (Wildman–Crippen MR) is 128 cm³/mol. The zero-order valence-electron chi connectivity index (χ0n) is 19.7. The van der Waals surface area contributed by atoms with E-state index in [9.17, 15) is 13.2 Å². The van der Waals surface area contributed by atoms with Crippen LogP contribution in [0.15, 0.2) is 28.0 Å². The molecule has 1 amide bonds. The average molecular weight is 496 g/mol. The molecule has 0 aliphatic carbocycles. The molecule has 2 aliphatic heterocycles. The van der Waals surface area contributed by atoms with Gasteiger partial charge in [0.05, 0.1) is 29.6 Å². The predicted octanol–water partition coefficient (Wildman–Crippen LogP) is 2.53. The second kappa shape index (κ2) is 9.69. The fraction of sp³-hybridized carbons (Fsp3) is 0.682. The number of piperidine rings is 1. The van der Waals surface area contributed by atoms with Crippen molar-refractivity contribution >= 4 is 33.5 Å². The molecule has 33 heavy (non-hydrogen) atoms. The van der Waals surface area contributed by atoms with Crippen LogP contribution in [0.25, 0.3) is 0 Å². The summed E-state index contributed by atoms with van der Waals surface area (Å²) in [4.78, 5) is 17.0. The molecule has 2 saturated heterocycles. The summed E-state index contributed by atoms with van der Waals surface area (Å²) in [6.07, 6.45) is 3.33. The number of hydrogen-bond donors (Lipinski definition) is 0. The minimum atomic E-state index is -3.06. The molecule has 0 saturated carbocycles. The number of rotatable bonds is 7. The van der Waals surface area contributed by atoms with Crippen LogP contribution in [0.4, 0.5) is 5.95 Å². The lowest BCUT2D eigenvalue weighted by atomic mass is 9.92. The maximum absolute atomic E-state index is 13.1. The molecule has 4 rings (SSSR count). The Balaban J connectivity index is 1.54. The number of carbonyl (C=O) groups is 1. The highest BCUT2D eigenvalue weighted by molar-refractivity contribution is 8.00. The highest BCUT2D eigenvalue weighted by atomic mass is 32.2. The van der Waals surface area contributed by atoms with Gasteiger partial charge in [0.2, 0.25) is 11.9 Å². The number of furan rings is 1. The summed E-state index contributed by atoms with van der Waals surface area (Å²) in [6, 6.07) is 3.51. The number of hydrogen-bond acceptors (Lipinski definition) is 8. The normalized spacial score (nSPS) is 25.8. The SMILES string of the molecule is C[C@@H]1C[C@H](C)CN(c2nnc(S[C@H](C)C(=O)N(C)[C@@H]3CCS(=O)(=O)C3)n2Cc2ccco2)C1. The molecule has 0 bridgehead atoms. The number of aromatic nitrogens is 3. The van der Waals surface area contributed by atoms with E-state index < -0.39 is 15.1 Å². The minimum absolute atomic E-state index is 0.0385. The standard InChI is InChI=1S/C22H33N5O4S2/c1-15-10-16(2)12-26(11-15)21-23-24-22(27(21)13-19-6-5-8-31-19)32-17(3)20(28)25(4)18-7-9-33(29,30)14-18/h5-6,8,15-18H,7,9-14H2,1-4H3/t15-,16+,17-,18-/m1/s1. The van der Waals surface area contributed by atoms with E-state index in [0.717, 1.165) is 24.8 Å². The van der Waals surface area contributed by atoms with Crippen LogP contribution in [-0.2, 0) is 21.2 Å². The van der Waals surface area contributed by atoms with Crippen LogP contribution in [0.2, 0.25) is 0 Å². The minimum Gasteiger partial charge on any atom is -0.467 e. The topological polar surface area (TPSA) is 102 Å². The van der Waals surface area contributed by atoms with E-state index >= 15 is 0 Å². The Kier molecular flexibility index (Phi) is 7.09. The van der Waals surface area contributed by atoms with Gasteiger partial charge in [-0.25, -0.2) is 8.42 Å². The average Bonchev–Trinajstić information content (AvgIpc) is 3.47. The molecule has 4 heterocycles. The highest BCUT2D eigenvalue weighted by Gasteiger charge is 2.35. The molecule has 2 fully saturated rings. The Morgan fingerprint density at radius 3 is 2.64 bits per heavy atom. The molecule has 11 heteroatoms. The first-order valence-corrected chi connectivity index (χ1v) is 14.2. The van der Waals surface area contributed by atoms with Gasteiger partial charge in [0.1, 0.15) is 5.76 Å². The molecular formula is C22H33N5O4S2. The molecule has 182 valence electrons. The van der Waals surface area contributed by atoms with E-state index in [2.05, 4.69) is 28.9 Å². The number of anilines is 1. The van der Waals surface area contributed by atoms with Crippen molar-refractivity contribution in [1.82, 2.24) is 19.7 Å². The summed E-state index contributed by atoms with van der Waals surface area (Å²) in [5.41, 5.74) is 0. The molecule has 0 unspecified atom stereocenters. The van der Waals surface area contributed by atoms with Crippen molar-refractivity contribution in [2.75, 3.05) is 36.5 Å². The van der Waals surface area contributed by atoms with Crippen LogP contribution in [-0.4, -0.2) is 76.9 Å². The lowest BCUT2D eigenvalue weighted by Crippen LogP contribution is -2.42. The summed E-state index contributed by atoms with van der Waals surface area (Å²) in [5.74, 6) is 2.80. The van der Waals surface area contributed by atoms with Gasteiger partial charge in [-0.1, -0.05) is 25.6 Å². The third kappa shape index (κ3) is 5.56. The molecule has 2 aromatic rings. The lowest BCUT2D eigenvalue weighted by Gasteiger charge is -2.35. The second-order valence-corrected chi connectivity index (χ2v) is 13.1. The fourth-order valence-electron chi connectivity index (χ4n) is 4.88. The van der Waals surface area contributed by atoms with Crippen molar-refractivity contribution in [1.29, 1.82) is 0 Å². The molecule has 0 aromatic carbocycles. The fourth-order valence-corrected chi connectivity index (χ4v) is 7.60. The van der Waals surface area contributed by atoms with Crippen LogP contribution in [0.3, 0.4) is 0 Å². The molecular weight excluding hydrogens is 462 g/mol. The largest absolute Gasteiger partial charge is 0.467 e. The number of nitrogens with zero attached hydrogens (tertiary/aromatic N) is 5. The van der Waals surface area contributed by atoms with Crippen LogP contribution < -0.4 is 4.90 Å². The number of thioether (sulfide) groups is 1. The molecule has 0 radical (unpaired) electrons. The summed E-state index contributed by atoms with van der Waals surface area (Å²) in [6.45, 7) is 8.66. The lowest BCUT2D eigenvalue weighted by molar-refractivity contribution is -0.130. The van der Waals surface area contributed by atoms with Crippen LogP contribution in [0.1, 0.15) is 39.4 Å². The van der Waals surface area contributed by atoms with Gasteiger partial charge in [0.25, 0.3) is 0 Å². The zero-order valence-corrected chi connectivity index (χ0v) is 21.3. The molecule has 2 aromatic heterocycles. The van der Waals surface area contributed by atoms with Gasteiger partial charge in [-0.2, -0.15) is 0 Å². The first kappa shape index (κ1) is 24.1. The van der Waals surface area contributed by atoms with E-state index in [1.807, 2.05) is 23.6 Å². The van der Waals surface area contributed by atoms with Crippen LogP contribution in [0.5, 0.6) is 0 Å². The van der Waals surface area contributed by atoms with Crippen molar-refractivity contribution in [3.8, 4) is 0 Å². The quantitative estimate of drug-likeness (QED) is 0.540. The van der Waals surface area contributed by atoms with Crippen molar-refractivity contribution < 1.29 is 17.6 Å².